The molecule has 3 saturated heterocycles. The Bertz CT molecular complexity index is 2220. The molecule has 21 nitrogen and oxygen atoms in total. The summed E-state index contributed by atoms with van der Waals surface area (Å²) in [7, 11) is 5.30. The average Bonchev–Trinajstić information content (AvgIpc) is 3.87. The van der Waals surface area contributed by atoms with Crippen molar-refractivity contribution in [2.75, 3.05) is 45.8 Å². The van der Waals surface area contributed by atoms with Gasteiger partial charge in [0.2, 0.25) is 0 Å². The Hall–Kier alpha value is -5.06. The van der Waals surface area contributed by atoms with E-state index >= 15 is 0 Å². The number of likely N-dealkylation sites (N-methyl/N-ethyl adjacent to an activating group) is 1. The molecular formula is C45H69N11O10. The van der Waals surface area contributed by atoms with Crippen LogP contribution in [0.2, 0.25) is 0 Å². The lowest BCUT2D eigenvalue weighted by Gasteiger charge is -2.46. The third-order valence-corrected chi connectivity index (χ3v) is 13.5. The summed E-state index contributed by atoms with van der Waals surface area (Å²) in [5, 5.41) is 23.7. The molecule has 0 saturated carbocycles. The van der Waals surface area contributed by atoms with Crippen molar-refractivity contribution >= 4 is 29.5 Å². The number of methoxy groups -OCH3 is 1. The number of cyclic esters (lactones) is 1. The van der Waals surface area contributed by atoms with E-state index in [9.17, 15) is 24.3 Å². The number of fused-ring (bicyclic) bond motifs is 1. The monoisotopic (exact) mass is 924 g/mol. The molecule has 13 atom stereocenters. The molecule has 0 aliphatic carbocycles. The summed E-state index contributed by atoms with van der Waals surface area (Å²) in [6.07, 6.45) is -0.265. The number of nitrogen functional groups attached to an aromatic ring is 2. The van der Waals surface area contributed by atoms with E-state index in [2.05, 4.69) is 25.6 Å². The van der Waals surface area contributed by atoms with Crippen LogP contribution in [0.1, 0.15) is 80.6 Å². The number of esters is 1. The summed E-state index contributed by atoms with van der Waals surface area (Å²) >= 11 is 0. The fraction of sp³-hybridized carbons (Fsp3) is 0.689. The molecule has 3 aromatic rings. The number of Topliss-reactive ketones (excluding diaryl/α,β-unsaturated/α-hetero) is 1. The van der Waals surface area contributed by atoms with E-state index in [1.807, 2.05) is 46.7 Å². The van der Waals surface area contributed by atoms with Crippen LogP contribution in [0.4, 0.5) is 16.4 Å². The van der Waals surface area contributed by atoms with Gasteiger partial charge in [0.05, 0.1) is 29.7 Å². The first-order valence-corrected chi connectivity index (χ1v) is 22.9. The van der Waals surface area contributed by atoms with Crippen molar-refractivity contribution in [1.82, 2.24) is 44.6 Å². The van der Waals surface area contributed by atoms with Gasteiger partial charge in [-0.25, -0.2) is 14.6 Å². The second-order valence-corrected chi connectivity index (χ2v) is 18.7. The number of carbonyl (C=O) groups is 3. The third-order valence-electron chi connectivity index (χ3n) is 13.5. The zero-order chi connectivity index (χ0) is 48.2. The highest BCUT2D eigenvalue weighted by molar-refractivity contribution is 6.00. The molecule has 3 aromatic heterocycles. The van der Waals surface area contributed by atoms with Gasteiger partial charge in [0, 0.05) is 44.4 Å². The number of aliphatic hydroxyl groups excluding tert-OH is 1. The fourth-order valence-electron chi connectivity index (χ4n) is 9.95. The van der Waals surface area contributed by atoms with Crippen molar-refractivity contribution in [1.29, 1.82) is 0 Å². The first kappa shape index (κ1) is 50.4. The minimum atomic E-state index is -1.98. The van der Waals surface area contributed by atoms with E-state index in [0.717, 1.165) is 0 Å². The summed E-state index contributed by atoms with van der Waals surface area (Å²) in [5.74, 6) is -3.59. The standard InChI is InChI=1S/C45H69N11O10/c1-11-33-45(56-20-17-35(47)50-42(56)60)38(55(43(61)66-45)19-13-12-18-54-24-31(51-52-54)30-15-14-16-34(46)49-30)29(6)48-23-25(2)22-44(7,62-10)39(27(4)36(57)28(5)40(59)64-33)65-41-37(58)32(53(8)9)21-26(3)63-41/h14-17,20,24-29,32-33,37-39,41,48,58H,11-13,18-19,21-23H2,1-10H3,(H2,46,49)(H2,47,50,60)/t25-,26-,27-,28-,29-,32?,33-,37?,38-,39-,41+,44-,45-/m1/s1. The first-order chi connectivity index (χ1) is 31.2. The highest BCUT2D eigenvalue weighted by Crippen LogP contribution is 2.43. The van der Waals surface area contributed by atoms with Crippen LogP contribution in [-0.4, -0.2) is 151 Å². The Morgan fingerprint density at radius 2 is 1.71 bits per heavy atom. The van der Waals surface area contributed by atoms with Crippen LogP contribution in [0.15, 0.2) is 41.5 Å². The van der Waals surface area contributed by atoms with E-state index in [4.69, 9.17) is 35.2 Å². The number of aryl methyl sites for hydroxylation is 1. The van der Waals surface area contributed by atoms with Crippen LogP contribution < -0.4 is 22.5 Å². The second-order valence-electron chi connectivity index (χ2n) is 18.7. The number of aromatic nitrogens is 6. The number of aliphatic hydroxyl groups is 1. The number of pyridine rings is 1. The van der Waals surface area contributed by atoms with Crippen LogP contribution in [0.25, 0.3) is 11.4 Å². The number of ether oxygens (including phenoxy) is 5. The Kier molecular flexibility index (Phi) is 15.9. The van der Waals surface area contributed by atoms with Crippen molar-refractivity contribution in [2.24, 2.45) is 17.8 Å². The fourth-order valence-corrected chi connectivity index (χ4v) is 9.95. The maximum absolute atomic E-state index is 14.7. The summed E-state index contributed by atoms with van der Waals surface area (Å²) in [5.41, 5.74) is 9.05. The highest BCUT2D eigenvalue weighted by Gasteiger charge is 2.63. The molecule has 21 heteroatoms. The number of nitrogens with two attached hydrogens (primary N) is 2. The predicted molar refractivity (Wildman–Crippen MR) is 242 cm³/mol. The maximum Gasteiger partial charge on any atom is 0.412 e. The van der Waals surface area contributed by atoms with Crippen molar-refractivity contribution in [3.63, 3.8) is 0 Å². The molecule has 0 bridgehead atoms. The van der Waals surface area contributed by atoms with Gasteiger partial charge in [-0.2, -0.15) is 4.98 Å². The summed E-state index contributed by atoms with van der Waals surface area (Å²) in [6.45, 7) is 13.5. The van der Waals surface area contributed by atoms with Gasteiger partial charge in [-0.05, 0) is 105 Å². The SMILES string of the molecule is CC[C@H]1OC(=O)[C@H](C)C(=O)[C@@H](C)[C@@H](O[C@@H]2O[C@H](C)CC(N(C)C)C2O)[C@](C)(OC)C[C@@H](C)CN[C@H](C)[C@H]2N(CCCCn3cc(-c4cccc(N)n4)nn3)C(=O)O[C@]12n1ccc(N)nc1=O. The Labute approximate surface area is 385 Å². The molecule has 1 amide bonds. The normalized spacial score (nSPS) is 33.8. The van der Waals surface area contributed by atoms with E-state index in [0.29, 0.717) is 56.0 Å². The van der Waals surface area contributed by atoms with Gasteiger partial charge in [0.25, 0.3) is 5.72 Å². The highest BCUT2D eigenvalue weighted by atomic mass is 16.7. The van der Waals surface area contributed by atoms with Crippen LogP contribution >= 0.6 is 0 Å². The van der Waals surface area contributed by atoms with Gasteiger partial charge in [0.15, 0.2) is 18.2 Å². The Balaban J connectivity index is 1.35. The third kappa shape index (κ3) is 10.4. The first-order valence-electron chi connectivity index (χ1n) is 22.9. The second kappa shape index (κ2) is 20.8. The topological polar surface area (TPSA) is 267 Å². The summed E-state index contributed by atoms with van der Waals surface area (Å²) in [6, 6.07) is 4.82. The Morgan fingerprint density at radius 3 is 2.38 bits per heavy atom. The van der Waals surface area contributed by atoms with E-state index < -0.39 is 83.4 Å². The number of unbranched alkanes of at least 4 members (excludes halogenated alkanes) is 1. The quantitative estimate of drug-likeness (QED) is 0.115. The number of ketones is 1. The van der Waals surface area contributed by atoms with Gasteiger partial charge in [-0.3, -0.25) is 23.7 Å². The number of hydrogen-bond donors (Lipinski definition) is 4. The summed E-state index contributed by atoms with van der Waals surface area (Å²) in [4.78, 5) is 69.3. The lowest BCUT2D eigenvalue weighted by molar-refractivity contribution is -0.295. The molecule has 0 spiro atoms. The molecule has 364 valence electrons. The molecule has 2 unspecified atom stereocenters. The number of anilines is 2. The van der Waals surface area contributed by atoms with Gasteiger partial charge in [-0.1, -0.05) is 32.1 Å². The lowest BCUT2D eigenvalue weighted by Crippen LogP contribution is -2.65. The van der Waals surface area contributed by atoms with Crippen LogP contribution in [0.3, 0.4) is 0 Å². The molecule has 6 N–H and O–H groups in total. The van der Waals surface area contributed by atoms with Gasteiger partial charge < -0.3 is 50.5 Å². The average molecular weight is 924 g/mol. The zero-order valence-corrected chi connectivity index (χ0v) is 39.8. The molecule has 66 heavy (non-hydrogen) atoms. The van der Waals surface area contributed by atoms with Crippen molar-refractivity contribution in [2.45, 2.75) is 147 Å². The number of nitrogens with one attached hydrogen (secondary N) is 1. The largest absolute Gasteiger partial charge is 0.455 e. The van der Waals surface area contributed by atoms with Crippen molar-refractivity contribution in [3.05, 3.63) is 47.1 Å². The molecule has 3 aliphatic heterocycles. The smallest absolute Gasteiger partial charge is 0.412 e. The molecule has 6 rings (SSSR count). The Morgan fingerprint density at radius 1 is 1.00 bits per heavy atom. The van der Waals surface area contributed by atoms with E-state index in [1.54, 1.807) is 54.9 Å². The van der Waals surface area contributed by atoms with Crippen LogP contribution in [0, 0.1) is 17.8 Å². The number of amides is 1. The van der Waals surface area contributed by atoms with E-state index in [1.165, 1.54) is 23.8 Å². The van der Waals surface area contributed by atoms with Crippen molar-refractivity contribution < 1.29 is 43.2 Å². The lowest BCUT2D eigenvalue weighted by atomic mass is 9.78. The van der Waals surface area contributed by atoms with Crippen molar-refractivity contribution in [3.8, 4) is 11.4 Å². The molecule has 0 radical (unpaired) electrons. The predicted octanol–water partition coefficient (Wildman–Crippen LogP) is 2.41. The van der Waals surface area contributed by atoms with Crippen LogP contribution in [0.5, 0.6) is 0 Å². The molecular weight excluding hydrogens is 855 g/mol. The number of nitrogens with zero attached hydrogens (tertiary/aromatic N) is 8. The number of carbonyl (C=O) groups excluding carboxylic acids is 3. The molecule has 3 fully saturated rings. The van der Waals surface area contributed by atoms with Gasteiger partial charge >= 0.3 is 17.8 Å². The molecule has 0 aromatic carbocycles. The molecule has 6 heterocycles. The minimum absolute atomic E-state index is 0.0562. The van der Waals surface area contributed by atoms with Gasteiger partial charge in [-0.15, -0.1) is 5.10 Å². The summed E-state index contributed by atoms with van der Waals surface area (Å²) < 4.78 is 34.7. The maximum atomic E-state index is 14.7. The van der Waals surface area contributed by atoms with Gasteiger partial charge in [0.1, 0.15) is 35.4 Å². The minimum Gasteiger partial charge on any atom is -0.455 e. The zero-order valence-electron chi connectivity index (χ0n) is 39.8. The number of hydrogen-bond acceptors (Lipinski definition) is 18. The van der Waals surface area contributed by atoms with E-state index in [-0.39, 0.29) is 36.8 Å². The number of rotatable bonds is 12. The molecule has 3 aliphatic rings. The van der Waals surface area contributed by atoms with Crippen LogP contribution in [-0.2, 0) is 45.5 Å².